The fraction of sp³-hybridized carbons (Fsp3) is 0.308. The Kier molecular flexibility index (Phi) is 2.44. The maximum atomic E-state index is 5.88. The molecule has 3 rings (SSSR count). The minimum Gasteiger partial charge on any atom is -0.331 e. The van der Waals surface area contributed by atoms with E-state index in [4.69, 9.17) is 11.6 Å². The summed E-state index contributed by atoms with van der Waals surface area (Å²) in [6, 6.07) is 7.86. The van der Waals surface area contributed by atoms with Crippen LogP contribution in [0.1, 0.15) is 12.8 Å². The van der Waals surface area contributed by atoms with E-state index in [2.05, 4.69) is 15.7 Å². The number of halogens is 1. The second-order valence-corrected chi connectivity index (χ2v) is 4.79. The van der Waals surface area contributed by atoms with Crippen molar-refractivity contribution in [2.75, 3.05) is 0 Å². The van der Waals surface area contributed by atoms with E-state index in [1.807, 2.05) is 30.5 Å². The summed E-state index contributed by atoms with van der Waals surface area (Å²) in [5, 5.41) is 0.768. The third-order valence-electron chi connectivity index (χ3n) is 2.97. The van der Waals surface area contributed by atoms with Gasteiger partial charge in [-0.05, 0) is 43.0 Å². The molecule has 0 unspecified atom stereocenters. The van der Waals surface area contributed by atoms with Gasteiger partial charge in [-0.3, -0.25) is 0 Å². The first-order chi connectivity index (χ1) is 7.83. The maximum absolute atomic E-state index is 5.88. The summed E-state index contributed by atoms with van der Waals surface area (Å²) in [5.41, 5.74) is 1.13. The van der Waals surface area contributed by atoms with Gasteiger partial charge >= 0.3 is 0 Å². The lowest BCUT2D eigenvalue weighted by Crippen LogP contribution is -2.00. The number of imidazole rings is 1. The normalized spacial score (nSPS) is 15.3. The molecule has 1 aromatic heterocycles. The predicted octanol–water partition coefficient (Wildman–Crippen LogP) is 3.61. The minimum atomic E-state index is 0.768. The third-order valence-corrected chi connectivity index (χ3v) is 3.22. The highest BCUT2D eigenvalue weighted by Gasteiger charge is 2.22. The van der Waals surface area contributed by atoms with Gasteiger partial charge in [0.2, 0.25) is 0 Å². The summed E-state index contributed by atoms with van der Waals surface area (Å²) in [7, 11) is 0. The van der Waals surface area contributed by atoms with E-state index in [1.165, 1.54) is 12.8 Å². The van der Waals surface area contributed by atoms with Gasteiger partial charge in [0.05, 0.1) is 0 Å². The first-order valence-corrected chi connectivity index (χ1v) is 5.98. The molecule has 0 spiro atoms. The van der Waals surface area contributed by atoms with Gasteiger partial charge in [0, 0.05) is 29.5 Å². The SMILES string of the molecule is Clc1ccc(-c2nccn2CC2CC2)cc1. The lowest BCUT2D eigenvalue weighted by molar-refractivity contribution is 0.632. The number of aromatic nitrogens is 2. The Morgan fingerprint density at radius 3 is 2.69 bits per heavy atom. The molecule has 0 bridgehead atoms. The number of hydrogen-bond donors (Lipinski definition) is 0. The van der Waals surface area contributed by atoms with Crippen molar-refractivity contribution in [3.05, 3.63) is 41.7 Å². The molecule has 0 radical (unpaired) electrons. The molecule has 0 saturated heterocycles. The van der Waals surface area contributed by atoms with Crippen molar-refractivity contribution < 1.29 is 0 Å². The molecule has 16 heavy (non-hydrogen) atoms. The average molecular weight is 233 g/mol. The Hall–Kier alpha value is -1.28. The average Bonchev–Trinajstić information content (AvgIpc) is 2.97. The van der Waals surface area contributed by atoms with Crippen LogP contribution >= 0.6 is 11.6 Å². The molecule has 0 atom stereocenters. The Bertz CT molecular complexity index is 483. The molecule has 3 heteroatoms. The standard InChI is InChI=1S/C13H13ClN2/c14-12-5-3-11(4-6-12)13-15-7-8-16(13)9-10-1-2-10/h3-8,10H,1-2,9H2. The Morgan fingerprint density at radius 1 is 1.25 bits per heavy atom. The van der Waals surface area contributed by atoms with Crippen LogP contribution in [0.3, 0.4) is 0 Å². The van der Waals surface area contributed by atoms with Crippen LogP contribution in [-0.4, -0.2) is 9.55 Å². The molecule has 0 aliphatic heterocycles. The monoisotopic (exact) mass is 232 g/mol. The van der Waals surface area contributed by atoms with Gasteiger partial charge in [-0.15, -0.1) is 0 Å². The summed E-state index contributed by atoms with van der Waals surface area (Å²) in [5.74, 6) is 1.91. The van der Waals surface area contributed by atoms with E-state index >= 15 is 0 Å². The summed E-state index contributed by atoms with van der Waals surface area (Å²) >= 11 is 5.88. The lowest BCUT2D eigenvalue weighted by atomic mass is 10.2. The zero-order valence-corrected chi connectivity index (χ0v) is 9.69. The molecule has 82 valence electrons. The molecule has 1 fully saturated rings. The van der Waals surface area contributed by atoms with E-state index in [-0.39, 0.29) is 0 Å². The fourth-order valence-corrected chi connectivity index (χ4v) is 2.02. The van der Waals surface area contributed by atoms with Crippen LogP contribution in [0.5, 0.6) is 0 Å². The van der Waals surface area contributed by atoms with Gasteiger partial charge in [0.15, 0.2) is 0 Å². The smallest absolute Gasteiger partial charge is 0.139 e. The van der Waals surface area contributed by atoms with E-state index in [9.17, 15) is 0 Å². The van der Waals surface area contributed by atoms with Gasteiger partial charge in [-0.2, -0.15) is 0 Å². The van der Waals surface area contributed by atoms with Crippen molar-refractivity contribution in [2.24, 2.45) is 5.92 Å². The fourth-order valence-electron chi connectivity index (χ4n) is 1.89. The summed E-state index contributed by atoms with van der Waals surface area (Å²) in [6.07, 6.45) is 6.64. The van der Waals surface area contributed by atoms with Crippen LogP contribution in [0.25, 0.3) is 11.4 Å². The van der Waals surface area contributed by atoms with Crippen molar-refractivity contribution in [3.8, 4) is 11.4 Å². The molecular weight excluding hydrogens is 220 g/mol. The van der Waals surface area contributed by atoms with Crippen molar-refractivity contribution in [3.63, 3.8) is 0 Å². The van der Waals surface area contributed by atoms with Gasteiger partial charge in [-0.1, -0.05) is 11.6 Å². The molecule has 1 heterocycles. The molecule has 0 amide bonds. The highest BCUT2D eigenvalue weighted by Crippen LogP contribution is 2.32. The van der Waals surface area contributed by atoms with Crippen molar-refractivity contribution in [1.82, 2.24) is 9.55 Å². The Morgan fingerprint density at radius 2 is 2.00 bits per heavy atom. The van der Waals surface area contributed by atoms with Crippen LogP contribution in [0.15, 0.2) is 36.7 Å². The lowest BCUT2D eigenvalue weighted by Gasteiger charge is -2.06. The number of rotatable bonds is 3. The van der Waals surface area contributed by atoms with Crippen molar-refractivity contribution >= 4 is 11.6 Å². The van der Waals surface area contributed by atoms with Crippen LogP contribution in [0, 0.1) is 5.92 Å². The molecule has 2 nitrogen and oxygen atoms in total. The van der Waals surface area contributed by atoms with Gasteiger partial charge < -0.3 is 4.57 Å². The Labute approximate surface area is 99.9 Å². The van der Waals surface area contributed by atoms with E-state index < -0.39 is 0 Å². The van der Waals surface area contributed by atoms with Crippen molar-refractivity contribution in [1.29, 1.82) is 0 Å². The van der Waals surface area contributed by atoms with Crippen LogP contribution in [0.2, 0.25) is 5.02 Å². The molecule has 1 aliphatic rings. The molecule has 1 saturated carbocycles. The number of benzene rings is 1. The van der Waals surface area contributed by atoms with Gasteiger partial charge in [-0.25, -0.2) is 4.98 Å². The molecule has 0 N–H and O–H groups in total. The second kappa shape index (κ2) is 3.95. The number of hydrogen-bond acceptors (Lipinski definition) is 1. The predicted molar refractivity (Wildman–Crippen MR) is 65.4 cm³/mol. The van der Waals surface area contributed by atoms with Crippen molar-refractivity contribution in [2.45, 2.75) is 19.4 Å². The van der Waals surface area contributed by atoms with Crippen LogP contribution in [0.4, 0.5) is 0 Å². The molecular formula is C13H13ClN2. The first kappa shape index (κ1) is 9.91. The summed E-state index contributed by atoms with van der Waals surface area (Å²) < 4.78 is 2.24. The Balaban J connectivity index is 1.92. The number of nitrogens with zero attached hydrogens (tertiary/aromatic N) is 2. The first-order valence-electron chi connectivity index (χ1n) is 5.60. The quantitative estimate of drug-likeness (QED) is 0.791. The van der Waals surface area contributed by atoms with Gasteiger partial charge in [0.25, 0.3) is 0 Å². The molecule has 2 aromatic rings. The van der Waals surface area contributed by atoms with Crippen LogP contribution < -0.4 is 0 Å². The van der Waals surface area contributed by atoms with E-state index in [0.717, 1.165) is 28.9 Å². The minimum absolute atomic E-state index is 0.768. The van der Waals surface area contributed by atoms with E-state index in [0.29, 0.717) is 0 Å². The van der Waals surface area contributed by atoms with Crippen LogP contribution in [-0.2, 0) is 6.54 Å². The maximum Gasteiger partial charge on any atom is 0.139 e. The highest BCUT2D eigenvalue weighted by molar-refractivity contribution is 6.30. The zero-order valence-electron chi connectivity index (χ0n) is 8.94. The zero-order chi connectivity index (χ0) is 11.0. The largest absolute Gasteiger partial charge is 0.331 e. The highest BCUT2D eigenvalue weighted by atomic mass is 35.5. The molecule has 1 aliphatic carbocycles. The third kappa shape index (κ3) is 1.98. The van der Waals surface area contributed by atoms with Gasteiger partial charge in [0.1, 0.15) is 5.82 Å². The summed E-state index contributed by atoms with van der Waals surface area (Å²) in [4.78, 5) is 4.42. The topological polar surface area (TPSA) is 17.8 Å². The molecule has 1 aromatic carbocycles. The van der Waals surface area contributed by atoms with E-state index in [1.54, 1.807) is 0 Å². The second-order valence-electron chi connectivity index (χ2n) is 4.35. The summed E-state index contributed by atoms with van der Waals surface area (Å²) in [6.45, 7) is 1.10.